The van der Waals surface area contributed by atoms with Crippen LogP contribution in [0.1, 0.15) is 93.9 Å². The largest absolute Gasteiger partial charge is 0.485 e. The quantitative estimate of drug-likeness (QED) is 0.214. The first-order chi connectivity index (χ1) is 13.6. The van der Waals surface area contributed by atoms with Gasteiger partial charge in [0, 0.05) is 18.6 Å². The summed E-state index contributed by atoms with van der Waals surface area (Å²) in [5, 5.41) is 0. The Morgan fingerprint density at radius 2 is 1.59 bits per heavy atom. The molecule has 0 saturated carbocycles. The van der Waals surface area contributed by atoms with Crippen molar-refractivity contribution in [3.63, 3.8) is 0 Å². The molecular weight excluding hydrogens is 375 g/mol. The van der Waals surface area contributed by atoms with Crippen LogP contribution in [0.2, 0.25) is 18.1 Å². The Labute approximate surface area is 183 Å². The summed E-state index contributed by atoms with van der Waals surface area (Å²) in [5.41, 5.74) is 0.179. The number of rotatable bonds is 14. The van der Waals surface area contributed by atoms with Crippen molar-refractivity contribution in [2.45, 2.75) is 118 Å². The predicted molar refractivity (Wildman–Crippen MR) is 130 cm³/mol. The van der Waals surface area contributed by atoms with Crippen LogP contribution in [0.4, 0.5) is 0 Å². The van der Waals surface area contributed by atoms with Crippen LogP contribution < -0.4 is 0 Å². The molecule has 1 aliphatic rings. The Balaban J connectivity index is 2.19. The Morgan fingerprint density at radius 3 is 2.14 bits per heavy atom. The lowest BCUT2D eigenvalue weighted by Gasteiger charge is -2.38. The van der Waals surface area contributed by atoms with Crippen LogP contribution in [0.25, 0.3) is 0 Å². The van der Waals surface area contributed by atoms with Gasteiger partial charge >= 0.3 is 7.12 Å². The Hall–Kier alpha value is -0.0982. The van der Waals surface area contributed by atoms with Crippen LogP contribution in [-0.4, -0.2) is 34.3 Å². The molecule has 0 N–H and O–H groups in total. The van der Waals surface area contributed by atoms with Crippen molar-refractivity contribution in [3.05, 3.63) is 12.1 Å². The van der Waals surface area contributed by atoms with E-state index in [2.05, 4.69) is 67.4 Å². The summed E-state index contributed by atoms with van der Waals surface area (Å²) in [6, 6.07) is 3.71. The monoisotopic (exact) mass is 424 g/mol. The molecule has 0 radical (unpaired) electrons. The Morgan fingerprint density at radius 1 is 1.03 bits per heavy atom. The molecule has 0 aromatic carbocycles. The van der Waals surface area contributed by atoms with Gasteiger partial charge in [-0.15, -0.1) is 0 Å². The molecule has 1 rings (SSSR count). The molecule has 0 aliphatic carbocycles. The third kappa shape index (κ3) is 10.7. The van der Waals surface area contributed by atoms with E-state index < -0.39 is 8.32 Å². The van der Waals surface area contributed by atoms with Crippen molar-refractivity contribution in [2.75, 3.05) is 13.2 Å². The first-order valence-corrected chi connectivity index (χ1v) is 14.7. The zero-order valence-electron chi connectivity index (χ0n) is 20.8. The number of hydrogen-bond acceptors (Lipinski definition) is 3. The van der Waals surface area contributed by atoms with Crippen LogP contribution in [-0.2, 0) is 13.7 Å². The van der Waals surface area contributed by atoms with Gasteiger partial charge in [0.1, 0.15) is 0 Å². The maximum atomic E-state index is 6.74. The molecule has 1 heterocycles. The highest BCUT2D eigenvalue weighted by Crippen LogP contribution is 2.31. The first-order valence-electron chi connectivity index (χ1n) is 12.2. The summed E-state index contributed by atoms with van der Waals surface area (Å²) in [6.45, 7) is 19.9. The fourth-order valence-corrected chi connectivity index (χ4v) is 7.44. The van der Waals surface area contributed by atoms with Gasteiger partial charge in [0.15, 0.2) is 8.32 Å². The second kappa shape index (κ2) is 12.7. The molecule has 29 heavy (non-hydrogen) atoms. The van der Waals surface area contributed by atoms with Gasteiger partial charge in [0.2, 0.25) is 0 Å². The normalized spacial score (nSPS) is 19.1. The van der Waals surface area contributed by atoms with Crippen molar-refractivity contribution in [1.29, 1.82) is 0 Å². The van der Waals surface area contributed by atoms with Crippen molar-refractivity contribution < 1.29 is 13.7 Å². The fraction of sp³-hybridized carbons (Fsp3) is 0.917. The van der Waals surface area contributed by atoms with E-state index >= 15 is 0 Å². The van der Waals surface area contributed by atoms with Gasteiger partial charge in [-0.1, -0.05) is 72.9 Å². The molecule has 5 heteroatoms. The van der Waals surface area contributed by atoms with Gasteiger partial charge < -0.3 is 13.7 Å². The predicted octanol–water partition coefficient (Wildman–Crippen LogP) is 7.42. The number of unbranched alkanes of at least 4 members (excludes halogenated alkanes) is 1. The van der Waals surface area contributed by atoms with E-state index in [1.807, 2.05) is 0 Å². The summed E-state index contributed by atoms with van der Waals surface area (Å²) in [6.07, 6.45) is 9.64. The minimum atomic E-state index is -1.51. The maximum Gasteiger partial charge on any atom is 0.485 e. The summed E-state index contributed by atoms with van der Waals surface area (Å²) in [5.74, 6) is 2.87. The van der Waals surface area contributed by atoms with Crippen molar-refractivity contribution in [2.24, 2.45) is 11.3 Å². The van der Waals surface area contributed by atoms with E-state index in [0.29, 0.717) is 0 Å². The highest BCUT2D eigenvalue weighted by Gasteiger charge is 2.35. The molecule has 1 atom stereocenters. The van der Waals surface area contributed by atoms with E-state index in [9.17, 15) is 0 Å². The standard InChI is InChI=1S/C24H49BO3Si/c1-9-29(10-2,11-3)28-24(7,8)18-15-17-22(4)16-13-12-14-19-25-26-20-23(5,6)21-27-25/h14,19,22H,9-13,15-18,20-21H2,1-8H3/b19-14+/t22-/m1/s1. The zero-order chi connectivity index (χ0) is 22.0. The van der Waals surface area contributed by atoms with Crippen LogP contribution in [0.15, 0.2) is 12.1 Å². The highest BCUT2D eigenvalue weighted by molar-refractivity contribution is 6.73. The third-order valence-corrected chi connectivity index (χ3v) is 11.4. The molecule has 0 aromatic rings. The van der Waals surface area contributed by atoms with Gasteiger partial charge in [0.05, 0.1) is 5.60 Å². The van der Waals surface area contributed by atoms with E-state index in [0.717, 1.165) is 25.6 Å². The lowest BCUT2D eigenvalue weighted by Crippen LogP contribution is -2.44. The smallest absolute Gasteiger partial charge is 0.412 e. The summed E-state index contributed by atoms with van der Waals surface area (Å²) in [4.78, 5) is 0. The zero-order valence-corrected chi connectivity index (χ0v) is 21.8. The lowest BCUT2D eigenvalue weighted by atomic mass is 9.83. The summed E-state index contributed by atoms with van der Waals surface area (Å²) in [7, 11) is -1.66. The molecule has 1 fully saturated rings. The van der Waals surface area contributed by atoms with E-state index in [1.54, 1.807) is 0 Å². The maximum absolute atomic E-state index is 6.74. The molecule has 3 nitrogen and oxygen atoms in total. The molecular formula is C24H49BO3Si. The second-order valence-electron chi connectivity index (χ2n) is 10.6. The van der Waals surface area contributed by atoms with Gasteiger partial charge in [0.25, 0.3) is 0 Å². The average Bonchev–Trinajstić information content (AvgIpc) is 2.67. The number of hydrogen-bond donors (Lipinski definition) is 0. The second-order valence-corrected chi connectivity index (χ2v) is 15.3. The Bertz CT molecular complexity index is 456. The van der Waals surface area contributed by atoms with Gasteiger partial charge in [-0.05, 0) is 57.2 Å². The minimum Gasteiger partial charge on any atom is -0.412 e. The lowest BCUT2D eigenvalue weighted by molar-refractivity contribution is 0.0336. The number of allylic oxidation sites excluding steroid dienone is 1. The molecule has 0 aromatic heterocycles. The molecule has 1 aliphatic heterocycles. The van der Waals surface area contributed by atoms with Crippen LogP contribution in [0, 0.1) is 11.3 Å². The molecule has 170 valence electrons. The third-order valence-electron chi connectivity index (χ3n) is 6.54. The molecule has 0 amide bonds. The van der Waals surface area contributed by atoms with Gasteiger partial charge in [-0.2, -0.15) is 0 Å². The van der Waals surface area contributed by atoms with Crippen LogP contribution >= 0.6 is 0 Å². The fourth-order valence-electron chi connectivity index (χ4n) is 4.23. The van der Waals surface area contributed by atoms with E-state index in [1.165, 1.54) is 50.2 Å². The Kier molecular flexibility index (Phi) is 11.8. The molecule has 1 saturated heterocycles. The topological polar surface area (TPSA) is 27.7 Å². The first kappa shape index (κ1) is 26.9. The van der Waals surface area contributed by atoms with Crippen molar-refractivity contribution >= 4 is 15.4 Å². The molecule has 0 spiro atoms. The summed E-state index contributed by atoms with van der Waals surface area (Å²) >= 11 is 0. The SMILES string of the molecule is CC[Si](CC)(CC)OC(C)(C)CCC[C@H](C)CCC/C=C/B1OCC(C)(C)CO1. The van der Waals surface area contributed by atoms with Crippen LogP contribution in [0.5, 0.6) is 0 Å². The van der Waals surface area contributed by atoms with E-state index in [4.69, 9.17) is 13.7 Å². The average molecular weight is 425 g/mol. The highest BCUT2D eigenvalue weighted by atomic mass is 28.4. The van der Waals surface area contributed by atoms with E-state index in [-0.39, 0.29) is 18.1 Å². The van der Waals surface area contributed by atoms with Crippen molar-refractivity contribution in [3.8, 4) is 0 Å². The minimum absolute atomic E-state index is 0.0330. The molecule has 0 bridgehead atoms. The summed E-state index contributed by atoms with van der Waals surface area (Å²) < 4.78 is 18.2. The van der Waals surface area contributed by atoms with Gasteiger partial charge in [-0.25, -0.2) is 0 Å². The molecule has 0 unspecified atom stereocenters. The van der Waals surface area contributed by atoms with Crippen LogP contribution in [0.3, 0.4) is 0 Å². The van der Waals surface area contributed by atoms with Crippen molar-refractivity contribution in [1.82, 2.24) is 0 Å². The van der Waals surface area contributed by atoms with Gasteiger partial charge in [-0.3, -0.25) is 0 Å².